The van der Waals surface area contributed by atoms with Crippen LogP contribution in [0.15, 0.2) is 71.9 Å². The lowest BCUT2D eigenvalue weighted by atomic mass is 10.1. The zero-order chi connectivity index (χ0) is 17.8. The van der Waals surface area contributed by atoms with Gasteiger partial charge in [0.05, 0.1) is 12.1 Å². The number of pyridine rings is 1. The monoisotopic (exact) mass is 344 g/mol. The van der Waals surface area contributed by atoms with Gasteiger partial charge in [-0.25, -0.2) is 4.99 Å². The van der Waals surface area contributed by atoms with E-state index in [9.17, 15) is 0 Å². The topological polar surface area (TPSA) is 49.3 Å². The number of nitrogens with zero attached hydrogens (tertiary/aromatic N) is 2. The molecule has 0 amide bonds. The van der Waals surface area contributed by atoms with Crippen LogP contribution < -0.4 is 10.6 Å². The van der Waals surface area contributed by atoms with Gasteiger partial charge in [-0.3, -0.25) is 4.98 Å². The molecule has 2 atom stereocenters. The zero-order valence-corrected chi connectivity index (χ0v) is 15.0. The third-order valence-electron chi connectivity index (χ3n) is 4.83. The Morgan fingerprint density at radius 2 is 1.88 bits per heavy atom. The Labute approximate surface area is 154 Å². The molecule has 4 nitrogen and oxygen atoms in total. The Morgan fingerprint density at radius 3 is 2.73 bits per heavy atom. The first kappa shape index (κ1) is 16.6. The highest BCUT2D eigenvalue weighted by molar-refractivity contribution is 5.83. The molecule has 0 aliphatic heterocycles. The zero-order valence-electron chi connectivity index (χ0n) is 15.0. The minimum atomic E-state index is 0.462. The maximum atomic E-state index is 4.81. The van der Waals surface area contributed by atoms with Gasteiger partial charge in [-0.2, -0.15) is 0 Å². The molecule has 26 heavy (non-hydrogen) atoms. The van der Waals surface area contributed by atoms with Gasteiger partial charge in [0.15, 0.2) is 5.96 Å². The van der Waals surface area contributed by atoms with Crippen molar-refractivity contribution in [2.24, 2.45) is 4.99 Å². The van der Waals surface area contributed by atoms with E-state index in [4.69, 9.17) is 4.99 Å². The van der Waals surface area contributed by atoms with Crippen LogP contribution in [-0.4, -0.2) is 23.5 Å². The van der Waals surface area contributed by atoms with E-state index in [0.29, 0.717) is 18.5 Å². The van der Waals surface area contributed by atoms with Crippen LogP contribution in [0, 0.1) is 0 Å². The summed E-state index contributed by atoms with van der Waals surface area (Å²) in [7, 11) is 0. The SMILES string of the molecule is CCNC(=NCc1ccnc2ccccc12)NC1CC1c1ccccc1. The number of nitrogens with one attached hydrogen (secondary N) is 2. The summed E-state index contributed by atoms with van der Waals surface area (Å²) in [5.41, 5.74) is 3.62. The second-order valence-corrected chi connectivity index (χ2v) is 6.69. The summed E-state index contributed by atoms with van der Waals surface area (Å²) in [5.74, 6) is 1.47. The van der Waals surface area contributed by atoms with Gasteiger partial charge in [0.2, 0.25) is 0 Å². The average molecular weight is 344 g/mol. The number of aliphatic imine (C=N–C) groups is 1. The Hall–Kier alpha value is -2.88. The summed E-state index contributed by atoms with van der Waals surface area (Å²) in [6.45, 7) is 3.59. The van der Waals surface area contributed by atoms with E-state index in [1.807, 2.05) is 18.3 Å². The fraction of sp³-hybridized carbons (Fsp3) is 0.273. The first-order chi connectivity index (χ1) is 12.8. The van der Waals surface area contributed by atoms with Gasteiger partial charge in [-0.1, -0.05) is 48.5 Å². The molecule has 0 bridgehead atoms. The average Bonchev–Trinajstić information content (AvgIpc) is 3.46. The van der Waals surface area contributed by atoms with Crippen LogP contribution in [-0.2, 0) is 6.54 Å². The lowest BCUT2D eigenvalue weighted by Crippen LogP contribution is -2.39. The molecule has 0 radical (unpaired) electrons. The molecular formula is C22H24N4. The number of benzene rings is 2. The van der Waals surface area contributed by atoms with Crippen molar-refractivity contribution in [1.29, 1.82) is 0 Å². The maximum Gasteiger partial charge on any atom is 0.191 e. The normalized spacial score (nSPS) is 19.3. The lowest BCUT2D eigenvalue weighted by molar-refractivity contribution is 0.795. The lowest BCUT2D eigenvalue weighted by Gasteiger charge is -2.12. The fourth-order valence-corrected chi connectivity index (χ4v) is 3.38. The van der Waals surface area contributed by atoms with Crippen molar-refractivity contribution in [2.75, 3.05) is 6.54 Å². The first-order valence-electron chi connectivity index (χ1n) is 9.27. The molecule has 1 aliphatic carbocycles. The molecular weight excluding hydrogens is 320 g/mol. The van der Waals surface area contributed by atoms with Gasteiger partial charge in [0, 0.05) is 30.1 Å². The van der Waals surface area contributed by atoms with Crippen LogP contribution in [0.5, 0.6) is 0 Å². The highest BCUT2D eigenvalue weighted by Gasteiger charge is 2.38. The highest BCUT2D eigenvalue weighted by Crippen LogP contribution is 2.40. The number of fused-ring (bicyclic) bond motifs is 1. The molecule has 2 unspecified atom stereocenters. The summed E-state index contributed by atoms with van der Waals surface area (Å²) in [6.07, 6.45) is 3.02. The Morgan fingerprint density at radius 1 is 1.08 bits per heavy atom. The molecule has 1 aliphatic rings. The molecule has 0 spiro atoms. The number of guanidine groups is 1. The van der Waals surface area contributed by atoms with Crippen molar-refractivity contribution >= 4 is 16.9 Å². The van der Waals surface area contributed by atoms with Gasteiger partial charge < -0.3 is 10.6 Å². The van der Waals surface area contributed by atoms with Crippen LogP contribution >= 0.6 is 0 Å². The van der Waals surface area contributed by atoms with Crippen LogP contribution in [0.3, 0.4) is 0 Å². The molecule has 1 fully saturated rings. The molecule has 1 aromatic heterocycles. The van der Waals surface area contributed by atoms with Gasteiger partial charge in [0.1, 0.15) is 0 Å². The van der Waals surface area contributed by atoms with Crippen LogP contribution in [0.1, 0.15) is 30.4 Å². The van der Waals surface area contributed by atoms with E-state index in [1.54, 1.807) is 0 Å². The number of para-hydroxylation sites is 1. The van der Waals surface area contributed by atoms with Crippen molar-refractivity contribution in [3.63, 3.8) is 0 Å². The maximum absolute atomic E-state index is 4.81. The van der Waals surface area contributed by atoms with E-state index in [1.165, 1.54) is 16.5 Å². The first-order valence-corrected chi connectivity index (χ1v) is 9.27. The van der Waals surface area contributed by atoms with Crippen molar-refractivity contribution in [3.05, 3.63) is 78.0 Å². The molecule has 2 N–H and O–H groups in total. The smallest absolute Gasteiger partial charge is 0.191 e. The highest BCUT2D eigenvalue weighted by atomic mass is 15.2. The summed E-state index contributed by atoms with van der Waals surface area (Å²) in [6, 6.07) is 21.4. The predicted octanol–water partition coefficient (Wildman–Crippen LogP) is 3.85. The molecule has 4 rings (SSSR count). The van der Waals surface area contributed by atoms with E-state index < -0.39 is 0 Å². The van der Waals surface area contributed by atoms with E-state index in [0.717, 1.165) is 24.4 Å². The van der Waals surface area contributed by atoms with Crippen molar-refractivity contribution in [3.8, 4) is 0 Å². The molecule has 1 heterocycles. The number of rotatable bonds is 5. The third kappa shape index (κ3) is 3.69. The Bertz CT molecular complexity index is 899. The summed E-state index contributed by atoms with van der Waals surface area (Å²) >= 11 is 0. The number of hydrogen-bond donors (Lipinski definition) is 2. The van der Waals surface area contributed by atoms with Gasteiger partial charge in [-0.15, -0.1) is 0 Å². The third-order valence-corrected chi connectivity index (χ3v) is 4.83. The fourth-order valence-electron chi connectivity index (χ4n) is 3.38. The molecule has 0 saturated heterocycles. The molecule has 132 valence electrons. The Kier molecular flexibility index (Phi) is 4.82. The molecule has 3 aromatic rings. The standard InChI is InChI=1S/C22H24N4/c1-2-23-22(26-21-14-19(21)16-8-4-3-5-9-16)25-15-17-12-13-24-20-11-7-6-10-18(17)20/h3-13,19,21H,2,14-15H2,1H3,(H2,23,25,26). The van der Waals surface area contributed by atoms with Crippen molar-refractivity contribution in [2.45, 2.75) is 31.8 Å². The quantitative estimate of drug-likeness (QED) is 0.546. The second kappa shape index (κ2) is 7.56. The molecule has 2 aromatic carbocycles. The van der Waals surface area contributed by atoms with E-state index in [2.05, 4.69) is 71.1 Å². The van der Waals surface area contributed by atoms with Crippen LogP contribution in [0.2, 0.25) is 0 Å². The van der Waals surface area contributed by atoms with Crippen molar-refractivity contribution < 1.29 is 0 Å². The summed E-state index contributed by atoms with van der Waals surface area (Å²) < 4.78 is 0. The minimum Gasteiger partial charge on any atom is -0.357 e. The van der Waals surface area contributed by atoms with Crippen LogP contribution in [0.4, 0.5) is 0 Å². The molecule has 4 heteroatoms. The van der Waals surface area contributed by atoms with Gasteiger partial charge >= 0.3 is 0 Å². The van der Waals surface area contributed by atoms with Crippen molar-refractivity contribution in [1.82, 2.24) is 15.6 Å². The van der Waals surface area contributed by atoms with Gasteiger partial charge in [0.25, 0.3) is 0 Å². The number of aromatic nitrogens is 1. The van der Waals surface area contributed by atoms with E-state index >= 15 is 0 Å². The largest absolute Gasteiger partial charge is 0.357 e. The van der Waals surface area contributed by atoms with E-state index in [-0.39, 0.29) is 0 Å². The summed E-state index contributed by atoms with van der Waals surface area (Å²) in [4.78, 5) is 9.24. The Balaban J connectivity index is 1.46. The predicted molar refractivity (Wildman–Crippen MR) is 107 cm³/mol. The number of hydrogen-bond acceptors (Lipinski definition) is 2. The summed E-state index contributed by atoms with van der Waals surface area (Å²) in [5, 5.41) is 8.12. The molecule has 1 saturated carbocycles. The minimum absolute atomic E-state index is 0.462. The second-order valence-electron chi connectivity index (χ2n) is 6.69. The van der Waals surface area contributed by atoms with Crippen LogP contribution in [0.25, 0.3) is 10.9 Å². The van der Waals surface area contributed by atoms with Gasteiger partial charge in [-0.05, 0) is 36.6 Å².